The molecule has 0 aromatic carbocycles. The minimum Gasteiger partial charge on any atom is -0.326 e. The number of hydrogen-bond acceptors (Lipinski definition) is 3. The van der Waals surface area contributed by atoms with Gasteiger partial charge in [0.05, 0.1) is 0 Å². The predicted octanol–water partition coefficient (Wildman–Crippen LogP) is 1.39. The van der Waals surface area contributed by atoms with Gasteiger partial charge in [-0.05, 0) is 39.4 Å². The molecule has 0 radical (unpaired) electrons. The smallest absolute Gasteiger partial charge is 0.0249 e. The van der Waals surface area contributed by atoms with Gasteiger partial charge in [0.25, 0.3) is 0 Å². The average Bonchev–Trinajstić information content (AvgIpc) is 2.18. The quantitative estimate of drug-likeness (QED) is 0.788. The Morgan fingerprint density at radius 2 is 1.81 bits per heavy atom. The van der Waals surface area contributed by atoms with Crippen molar-refractivity contribution in [1.29, 1.82) is 0 Å². The van der Waals surface area contributed by atoms with E-state index in [1.54, 1.807) is 0 Å². The summed E-state index contributed by atoms with van der Waals surface area (Å²) in [5, 5.41) is 0. The average molecular weight is 227 g/mol. The highest BCUT2D eigenvalue weighted by Crippen LogP contribution is 2.36. The lowest BCUT2D eigenvalue weighted by Gasteiger charge is -2.45. The number of rotatable bonds is 4. The molecule has 16 heavy (non-hydrogen) atoms. The zero-order chi connectivity index (χ0) is 12.3. The van der Waals surface area contributed by atoms with Gasteiger partial charge in [-0.15, -0.1) is 0 Å². The second kappa shape index (κ2) is 5.48. The van der Waals surface area contributed by atoms with Crippen molar-refractivity contribution < 1.29 is 0 Å². The molecule has 1 saturated carbocycles. The first-order valence-electron chi connectivity index (χ1n) is 6.45. The molecule has 2 N–H and O–H groups in total. The van der Waals surface area contributed by atoms with Crippen molar-refractivity contribution in [2.45, 2.75) is 45.2 Å². The fourth-order valence-corrected chi connectivity index (χ4v) is 2.65. The first-order valence-corrected chi connectivity index (χ1v) is 6.45. The number of likely N-dealkylation sites (N-methyl/N-ethyl adjacent to an activating group) is 2. The third-order valence-electron chi connectivity index (χ3n) is 4.10. The highest BCUT2D eigenvalue weighted by Gasteiger charge is 2.37. The number of hydrogen-bond donors (Lipinski definition) is 1. The predicted molar refractivity (Wildman–Crippen MR) is 70.6 cm³/mol. The fraction of sp³-hybridized carbons (Fsp3) is 1.00. The molecule has 0 amide bonds. The zero-order valence-corrected chi connectivity index (χ0v) is 11.7. The number of nitrogens with two attached hydrogens (primary N) is 1. The summed E-state index contributed by atoms with van der Waals surface area (Å²) in [7, 11) is 6.46. The van der Waals surface area contributed by atoms with Crippen molar-refractivity contribution >= 4 is 0 Å². The molecule has 0 spiro atoms. The molecule has 0 aromatic heterocycles. The van der Waals surface area contributed by atoms with Crippen LogP contribution in [-0.4, -0.2) is 56.1 Å². The Morgan fingerprint density at radius 3 is 2.38 bits per heavy atom. The number of nitrogens with zero attached hydrogens (tertiary/aromatic N) is 2. The molecule has 0 bridgehead atoms. The first-order chi connectivity index (χ1) is 7.34. The maximum atomic E-state index is 6.41. The van der Waals surface area contributed by atoms with Crippen LogP contribution in [0.5, 0.6) is 0 Å². The Bertz CT molecular complexity index is 213. The standard InChI is InChI=1S/C13H29N3/c1-13(2)8-6-7-11(12(13)14)16(5)10-9-15(3)4/h11-12H,6-10,14H2,1-5H3. The van der Waals surface area contributed by atoms with Crippen molar-refractivity contribution in [2.75, 3.05) is 34.2 Å². The highest BCUT2D eigenvalue weighted by atomic mass is 15.2. The molecule has 1 rings (SSSR count). The highest BCUT2D eigenvalue weighted by molar-refractivity contribution is 4.95. The van der Waals surface area contributed by atoms with Crippen LogP contribution in [-0.2, 0) is 0 Å². The summed E-state index contributed by atoms with van der Waals surface area (Å²) < 4.78 is 0. The summed E-state index contributed by atoms with van der Waals surface area (Å²) in [6, 6.07) is 0.872. The second-order valence-electron chi connectivity index (χ2n) is 6.26. The Balaban J connectivity index is 2.51. The van der Waals surface area contributed by atoms with E-state index in [0.29, 0.717) is 17.5 Å². The molecule has 96 valence electrons. The van der Waals surface area contributed by atoms with Crippen LogP contribution >= 0.6 is 0 Å². The lowest BCUT2D eigenvalue weighted by atomic mass is 9.71. The van der Waals surface area contributed by atoms with E-state index in [2.05, 4.69) is 44.8 Å². The van der Waals surface area contributed by atoms with Crippen LogP contribution in [0.1, 0.15) is 33.1 Å². The summed E-state index contributed by atoms with van der Waals surface area (Å²) in [6.45, 7) is 6.84. The lowest BCUT2D eigenvalue weighted by Crippen LogP contribution is -2.56. The van der Waals surface area contributed by atoms with E-state index in [1.807, 2.05) is 0 Å². The van der Waals surface area contributed by atoms with Gasteiger partial charge in [0.1, 0.15) is 0 Å². The van der Waals surface area contributed by atoms with Gasteiger partial charge in [-0.3, -0.25) is 0 Å². The van der Waals surface area contributed by atoms with Gasteiger partial charge in [0.15, 0.2) is 0 Å². The third-order valence-corrected chi connectivity index (χ3v) is 4.10. The molecule has 3 nitrogen and oxygen atoms in total. The summed E-state index contributed by atoms with van der Waals surface area (Å²) in [5.41, 5.74) is 6.71. The SMILES string of the molecule is CN(C)CCN(C)C1CCCC(C)(C)C1N. The van der Waals surface area contributed by atoms with Crippen LogP contribution in [0.15, 0.2) is 0 Å². The molecule has 0 aliphatic heterocycles. The normalized spacial score (nSPS) is 30.0. The van der Waals surface area contributed by atoms with Crippen LogP contribution in [0.4, 0.5) is 0 Å². The molecule has 1 aliphatic carbocycles. The topological polar surface area (TPSA) is 32.5 Å². The molecular weight excluding hydrogens is 198 g/mol. The Morgan fingerprint density at radius 1 is 1.19 bits per heavy atom. The van der Waals surface area contributed by atoms with Gasteiger partial charge in [-0.2, -0.15) is 0 Å². The van der Waals surface area contributed by atoms with Crippen LogP contribution in [0, 0.1) is 5.41 Å². The second-order valence-corrected chi connectivity index (χ2v) is 6.26. The van der Waals surface area contributed by atoms with Crippen molar-refractivity contribution in [3.63, 3.8) is 0 Å². The van der Waals surface area contributed by atoms with E-state index in [1.165, 1.54) is 19.3 Å². The molecule has 2 atom stereocenters. The summed E-state index contributed by atoms with van der Waals surface area (Å²) in [4.78, 5) is 4.68. The maximum absolute atomic E-state index is 6.41. The third kappa shape index (κ3) is 3.44. The summed E-state index contributed by atoms with van der Waals surface area (Å²) >= 11 is 0. The molecule has 1 fully saturated rings. The molecule has 0 aromatic rings. The van der Waals surface area contributed by atoms with Crippen molar-refractivity contribution in [2.24, 2.45) is 11.1 Å². The van der Waals surface area contributed by atoms with Crippen molar-refractivity contribution in [3.8, 4) is 0 Å². The van der Waals surface area contributed by atoms with Gasteiger partial charge >= 0.3 is 0 Å². The van der Waals surface area contributed by atoms with Gasteiger partial charge < -0.3 is 15.5 Å². The molecular formula is C13H29N3. The lowest BCUT2D eigenvalue weighted by molar-refractivity contribution is 0.0808. The molecule has 1 aliphatic rings. The molecule has 0 heterocycles. The Hall–Kier alpha value is -0.120. The van der Waals surface area contributed by atoms with Crippen LogP contribution in [0.3, 0.4) is 0 Å². The van der Waals surface area contributed by atoms with Gasteiger partial charge in [-0.1, -0.05) is 20.3 Å². The monoisotopic (exact) mass is 227 g/mol. The Labute approximate surface area is 101 Å². The van der Waals surface area contributed by atoms with Crippen molar-refractivity contribution in [1.82, 2.24) is 9.80 Å². The molecule has 2 unspecified atom stereocenters. The minimum absolute atomic E-state index is 0.301. The fourth-order valence-electron chi connectivity index (χ4n) is 2.65. The van der Waals surface area contributed by atoms with Crippen LogP contribution < -0.4 is 5.73 Å². The molecule has 0 saturated heterocycles. The van der Waals surface area contributed by atoms with E-state index >= 15 is 0 Å². The van der Waals surface area contributed by atoms with E-state index < -0.39 is 0 Å². The van der Waals surface area contributed by atoms with E-state index in [4.69, 9.17) is 5.73 Å². The summed E-state index contributed by atoms with van der Waals surface area (Å²) in [5.74, 6) is 0. The first kappa shape index (κ1) is 13.9. The van der Waals surface area contributed by atoms with E-state index in [0.717, 1.165) is 13.1 Å². The Kier molecular flexibility index (Phi) is 4.77. The van der Waals surface area contributed by atoms with Crippen molar-refractivity contribution in [3.05, 3.63) is 0 Å². The maximum Gasteiger partial charge on any atom is 0.0249 e. The summed E-state index contributed by atoms with van der Waals surface area (Å²) in [6.07, 6.45) is 3.85. The van der Waals surface area contributed by atoms with Crippen LogP contribution in [0.2, 0.25) is 0 Å². The van der Waals surface area contributed by atoms with Crippen LogP contribution in [0.25, 0.3) is 0 Å². The minimum atomic E-state index is 0.301. The molecule has 3 heteroatoms. The van der Waals surface area contributed by atoms with E-state index in [-0.39, 0.29) is 0 Å². The largest absolute Gasteiger partial charge is 0.326 e. The van der Waals surface area contributed by atoms with Gasteiger partial charge in [0.2, 0.25) is 0 Å². The zero-order valence-electron chi connectivity index (χ0n) is 11.7. The van der Waals surface area contributed by atoms with Gasteiger partial charge in [0, 0.05) is 25.2 Å². The van der Waals surface area contributed by atoms with Gasteiger partial charge in [-0.25, -0.2) is 0 Å². The van der Waals surface area contributed by atoms with E-state index in [9.17, 15) is 0 Å².